The van der Waals surface area contributed by atoms with Crippen LogP contribution < -0.4 is 4.74 Å². The van der Waals surface area contributed by atoms with Crippen LogP contribution in [0.2, 0.25) is 0 Å². The minimum Gasteiger partial charge on any atom is -0.477 e. The van der Waals surface area contributed by atoms with Crippen LogP contribution in [0.4, 0.5) is 0 Å². The number of hydrogen-bond donors (Lipinski definition) is 0. The molecule has 1 aromatic rings. The minimum atomic E-state index is 0.581. The van der Waals surface area contributed by atoms with Crippen molar-refractivity contribution in [2.24, 2.45) is 0 Å². The topological polar surface area (TPSA) is 35.0 Å². The molecule has 0 amide bonds. The van der Waals surface area contributed by atoms with Gasteiger partial charge in [0.05, 0.1) is 19.0 Å². The van der Waals surface area contributed by atoms with Gasteiger partial charge in [-0.3, -0.25) is 0 Å². The molecule has 3 heteroatoms. The van der Waals surface area contributed by atoms with Gasteiger partial charge in [-0.15, -0.1) is 0 Å². The molecular formula is C8H11N2O. The Morgan fingerprint density at radius 1 is 1.64 bits per heavy atom. The van der Waals surface area contributed by atoms with E-state index in [0.29, 0.717) is 5.88 Å². The second kappa shape index (κ2) is 4.66. The Morgan fingerprint density at radius 3 is 3.18 bits per heavy atom. The van der Waals surface area contributed by atoms with Gasteiger partial charge in [-0.1, -0.05) is 13.3 Å². The largest absolute Gasteiger partial charge is 0.477 e. The summed E-state index contributed by atoms with van der Waals surface area (Å²) >= 11 is 0. The second-order valence-corrected chi connectivity index (χ2v) is 2.19. The molecule has 1 rings (SSSR count). The quantitative estimate of drug-likeness (QED) is 0.611. The fourth-order valence-electron chi connectivity index (χ4n) is 0.647. The highest BCUT2D eigenvalue weighted by atomic mass is 16.5. The van der Waals surface area contributed by atoms with Crippen molar-refractivity contribution in [1.29, 1.82) is 0 Å². The van der Waals surface area contributed by atoms with Crippen molar-refractivity contribution in [3.63, 3.8) is 0 Å². The van der Waals surface area contributed by atoms with Gasteiger partial charge in [-0.05, 0) is 6.42 Å². The maximum Gasteiger partial charge on any atom is 0.232 e. The van der Waals surface area contributed by atoms with Gasteiger partial charge in [-0.25, -0.2) is 9.97 Å². The molecule has 1 heterocycles. The van der Waals surface area contributed by atoms with Crippen molar-refractivity contribution in [2.75, 3.05) is 6.61 Å². The Morgan fingerprint density at radius 2 is 2.55 bits per heavy atom. The van der Waals surface area contributed by atoms with Crippen molar-refractivity contribution < 1.29 is 4.74 Å². The molecule has 0 aliphatic carbocycles. The zero-order valence-corrected chi connectivity index (χ0v) is 6.58. The molecule has 0 aliphatic rings. The van der Waals surface area contributed by atoms with Crippen LogP contribution in [0, 0.1) is 6.20 Å². The Bertz CT molecular complexity index is 189. The van der Waals surface area contributed by atoms with Crippen LogP contribution in [-0.4, -0.2) is 16.6 Å². The molecule has 0 fully saturated rings. The van der Waals surface area contributed by atoms with Crippen LogP contribution in [-0.2, 0) is 0 Å². The van der Waals surface area contributed by atoms with Gasteiger partial charge in [0.25, 0.3) is 0 Å². The molecule has 0 bridgehead atoms. The molecule has 3 nitrogen and oxygen atoms in total. The van der Waals surface area contributed by atoms with E-state index in [1.54, 1.807) is 6.20 Å². The first-order valence-electron chi connectivity index (χ1n) is 3.74. The molecule has 11 heavy (non-hydrogen) atoms. The average Bonchev–Trinajstić information content (AvgIpc) is 2.07. The Hall–Kier alpha value is -1.12. The number of hydrogen-bond acceptors (Lipinski definition) is 3. The molecule has 0 atom stereocenters. The second-order valence-electron chi connectivity index (χ2n) is 2.19. The van der Waals surface area contributed by atoms with Crippen LogP contribution in [0.5, 0.6) is 5.88 Å². The van der Waals surface area contributed by atoms with Crippen molar-refractivity contribution in [1.82, 2.24) is 9.97 Å². The predicted octanol–water partition coefficient (Wildman–Crippen LogP) is 1.46. The van der Waals surface area contributed by atoms with Crippen molar-refractivity contribution in [3.8, 4) is 5.88 Å². The Labute approximate surface area is 66.4 Å². The third-order valence-electron chi connectivity index (χ3n) is 1.25. The molecule has 0 aromatic carbocycles. The van der Waals surface area contributed by atoms with Gasteiger partial charge < -0.3 is 4.74 Å². The van der Waals surface area contributed by atoms with Crippen LogP contribution in [0.15, 0.2) is 12.4 Å². The van der Waals surface area contributed by atoms with Gasteiger partial charge in [0.1, 0.15) is 6.20 Å². The maximum atomic E-state index is 5.25. The summed E-state index contributed by atoms with van der Waals surface area (Å²) in [5.41, 5.74) is 0. The van der Waals surface area contributed by atoms with E-state index in [9.17, 15) is 0 Å². The standard InChI is InChI=1S/C8H11N2O/c1-2-3-6-11-8-7-9-4-5-10-8/h5,7H,2-3,6H2,1H3. The van der Waals surface area contributed by atoms with E-state index in [-0.39, 0.29) is 0 Å². The van der Waals surface area contributed by atoms with E-state index in [2.05, 4.69) is 23.1 Å². The van der Waals surface area contributed by atoms with E-state index in [1.165, 1.54) is 6.20 Å². The minimum absolute atomic E-state index is 0.581. The fourth-order valence-corrected chi connectivity index (χ4v) is 0.647. The van der Waals surface area contributed by atoms with Gasteiger partial charge >= 0.3 is 0 Å². The Balaban J connectivity index is 2.28. The molecule has 0 aliphatic heterocycles. The highest BCUT2D eigenvalue weighted by Gasteiger charge is 1.91. The summed E-state index contributed by atoms with van der Waals surface area (Å²) in [4.78, 5) is 7.66. The van der Waals surface area contributed by atoms with Crippen molar-refractivity contribution >= 4 is 0 Å². The zero-order chi connectivity index (χ0) is 7.94. The molecule has 0 N–H and O–H groups in total. The smallest absolute Gasteiger partial charge is 0.232 e. The first-order chi connectivity index (χ1) is 5.43. The van der Waals surface area contributed by atoms with E-state index < -0.39 is 0 Å². The van der Waals surface area contributed by atoms with Crippen molar-refractivity contribution in [3.05, 3.63) is 18.6 Å². The fraction of sp³-hybridized carbons (Fsp3) is 0.500. The van der Waals surface area contributed by atoms with Crippen molar-refractivity contribution in [2.45, 2.75) is 19.8 Å². The van der Waals surface area contributed by atoms with Gasteiger partial charge in [0, 0.05) is 0 Å². The summed E-state index contributed by atoms with van der Waals surface area (Å²) in [6, 6.07) is 0. The summed E-state index contributed by atoms with van der Waals surface area (Å²) in [5.74, 6) is 0.581. The lowest BCUT2D eigenvalue weighted by atomic mass is 10.4. The van der Waals surface area contributed by atoms with Crippen LogP contribution >= 0.6 is 0 Å². The maximum absolute atomic E-state index is 5.25. The molecule has 0 saturated heterocycles. The normalized spacial score (nSPS) is 9.55. The van der Waals surface area contributed by atoms with Crippen LogP contribution in [0.3, 0.4) is 0 Å². The number of unbranched alkanes of at least 4 members (excludes halogenated alkanes) is 1. The number of rotatable bonds is 4. The van der Waals surface area contributed by atoms with E-state index >= 15 is 0 Å². The molecular weight excluding hydrogens is 140 g/mol. The third kappa shape index (κ3) is 2.98. The van der Waals surface area contributed by atoms with E-state index in [4.69, 9.17) is 4.74 Å². The first kappa shape index (κ1) is 7.98. The third-order valence-corrected chi connectivity index (χ3v) is 1.25. The molecule has 0 saturated carbocycles. The summed E-state index contributed by atoms with van der Waals surface area (Å²) in [6.45, 7) is 2.84. The predicted molar refractivity (Wildman–Crippen MR) is 41.3 cm³/mol. The monoisotopic (exact) mass is 151 g/mol. The molecule has 1 aromatic heterocycles. The Kier molecular flexibility index (Phi) is 3.38. The lowest BCUT2D eigenvalue weighted by Gasteiger charge is -2.01. The average molecular weight is 151 g/mol. The summed E-state index contributed by atoms with van der Waals surface area (Å²) in [6.07, 6.45) is 7.84. The van der Waals surface area contributed by atoms with Gasteiger partial charge in [-0.2, -0.15) is 0 Å². The van der Waals surface area contributed by atoms with Gasteiger partial charge in [0.15, 0.2) is 0 Å². The lowest BCUT2D eigenvalue weighted by molar-refractivity contribution is 0.296. The number of nitrogens with zero attached hydrogens (tertiary/aromatic N) is 2. The number of ether oxygens (including phenoxy) is 1. The molecule has 0 unspecified atom stereocenters. The van der Waals surface area contributed by atoms with E-state index in [0.717, 1.165) is 19.4 Å². The lowest BCUT2D eigenvalue weighted by Crippen LogP contribution is -1.98. The number of aromatic nitrogens is 2. The molecule has 0 spiro atoms. The first-order valence-corrected chi connectivity index (χ1v) is 3.74. The summed E-state index contributed by atoms with van der Waals surface area (Å²) in [5, 5.41) is 0. The highest BCUT2D eigenvalue weighted by molar-refractivity contribution is 5.00. The van der Waals surface area contributed by atoms with Crippen LogP contribution in [0.25, 0.3) is 0 Å². The summed E-state index contributed by atoms with van der Waals surface area (Å²) < 4.78 is 5.25. The zero-order valence-electron chi connectivity index (χ0n) is 6.58. The SMILES string of the molecule is CCCCOc1cn[c]cn1. The van der Waals surface area contributed by atoms with Crippen LogP contribution in [0.1, 0.15) is 19.8 Å². The van der Waals surface area contributed by atoms with E-state index in [1.807, 2.05) is 0 Å². The summed E-state index contributed by atoms with van der Waals surface area (Å²) in [7, 11) is 0. The van der Waals surface area contributed by atoms with Gasteiger partial charge in [0.2, 0.25) is 5.88 Å². The highest BCUT2D eigenvalue weighted by Crippen LogP contribution is 2.01. The molecule has 59 valence electrons. The molecule has 1 radical (unpaired) electrons.